The van der Waals surface area contributed by atoms with Gasteiger partial charge in [0.2, 0.25) is 0 Å². The molecule has 1 aliphatic rings. The summed E-state index contributed by atoms with van der Waals surface area (Å²) in [4.78, 5) is 46.7. The molecule has 1 saturated heterocycles. The normalized spacial score (nSPS) is 19.7. The highest BCUT2D eigenvalue weighted by atomic mass is 16.4. The van der Waals surface area contributed by atoms with Crippen molar-refractivity contribution < 1.29 is 29.4 Å². The molecule has 0 saturated carbocycles. The number of nitrogens with zero attached hydrogens (tertiary/aromatic N) is 1. The van der Waals surface area contributed by atoms with E-state index in [-0.39, 0.29) is 13.1 Å². The molecule has 0 aromatic carbocycles. The van der Waals surface area contributed by atoms with Crippen molar-refractivity contribution in [3.8, 4) is 0 Å². The topological polar surface area (TPSA) is 124 Å². The summed E-state index contributed by atoms with van der Waals surface area (Å²) in [5.41, 5.74) is 0. The van der Waals surface area contributed by atoms with E-state index < -0.39 is 35.7 Å². The number of piperidine rings is 1. The first-order valence-electron chi connectivity index (χ1n) is 6.92. The van der Waals surface area contributed by atoms with Gasteiger partial charge in [0.1, 0.15) is 6.04 Å². The Morgan fingerprint density at radius 1 is 1.24 bits per heavy atom. The van der Waals surface area contributed by atoms with Gasteiger partial charge in [0.25, 0.3) is 0 Å². The van der Waals surface area contributed by atoms with Gasteiger partial charge in [-0.25, -0.2) is 4.79 Å². The van der Waals surface area contributed by atoms with Crippen LogP contribution in [0.5, 0.6) is 0 Å². The van der Waals surface area contributed by atoms with Crippen LogP contribution in [0.25, 0.3) is 0 Å². The van der Waals surface area contributed by atoms with Crippen molar-refractivity contribution in [1.29, 1.82) is 0 Å². The van der Waals surface area contributed by atoms with Crippen LogP contribution < -0.4 is 5.32 Å². The first-order valence-corrected chi connectivity index (χ1v) is 6.92. The highest BCUT2D eigenvalue weighted by molar-refractivity contribution is 6.35. The predicted molar refractivity (Wildman–Crippen MR) is 71.4 cm³/mol. The maximum Gasteiger partial charge on any atom is 0.326 e. The van der Waals surface area contributed by atoms with Crippen LogP contribution in [-0.2, 0) is 19.2 Å². The van der Waals surface area contributed by atoms with Gasteiger partial charge in [0.05, 0.1) is 5.92 Å². The fourth-order valence-electron chi connectivity index (χ4n) is 2.26. The minimum absolute atomic E-state index is 0.151. The van der Waals surface area contributed by atoms with Gasteiger partial charge in [0, 0.05) is 13.1 Å². The smallest absolute Gasteiger partial charge is 0.326 e. The average Bonchev–Trinajstić information content (AvgIpc) is 2.46. The second-order valence-electron chi connectivity index (χ2n) is 5.00. The molecular weight excluding hydrogens is 280 g/mol. The van der Waals surface area contributed by atoms with Crippen LogP contribution in [0.3, 0.4) is 0 Å². The van der Waals surface area contributed by atoms with Crippen LogP contribution in [0.4, 0.5) is 0 Å². The van der Waals surface area contributed by atoms with Crippen LogP contribution in [-0.4, -0.2) is 58.0 Å². The van der Waals surface area contributed by atoms with Gasteiger partial charge in [-0.1, -0.05) is 6.92 Å². The molecule has 8 nitrogen and oxygen atoms in total. The van der Waals surface area contributed by atoms with E-state index in [9.17, 15) is 19.2 Å². The molecule has 0 aliphatic carbocycles. The first kappa shape index (κ1) is 16.9. The largest absolute Gasteiger partial charge is 0.481 e. The van der Waals surface area contributed by atoms with E-state index in [0.717, 1.165) is 4.90 Å². The molecule has 0 aromatic rings. The molecule has 1 heterocycles. The Bertz CT molecular complexity index is 436. The number of aliphatic carboxylic acids is 2. The lowest BCUT2D eigenvalue weighted by molar-refractivity contribution is -0.156. The summed E-state index contributed by atoms with van der Waals surface area (Å²) in [6.45, 7) is 1.74. The van der Waals surface area contributed by atoms with E-state index >= 15 is 0 Å². The van der Waals surface area contributed by atoms with Crippen molar-refractivity contribution in [2.75, 3.05) is 13.1 Å². The van der Waals surface area contributed by atoms with Crippen molar-refractivity contribution in [3.05, 3.63) is 0 Å². The zero-order valence-corrected chi connectivity index (χ0v) is 11.9. The number of carbonyl (C=O) groups excluding carboxylic acids is 2. The summed E-state index contributed by atoms with van der Waals surface area (Å²) >= 11 is 0. The lowest BCUT2D eigenvalue weighted by Gasteiger charge is -2.32. The maximum absolute atomic E-state index is 12.0. The Hall–Kier alpha value is -2.12. The second kappa shape index (κ2) is 7.61. The number of nitrogens with one attached hydrogen (secondary N) is 1. The van der Waals surface area contributed by atoms with Crippen LogP contribution in [0.2, 0.25) is 0 Å². The third kappa shape index (κ3) is 4.44. The van der Waals surface area contributed by atoms with Crippen molar-refractivity contribution in [2.24, 2.45) is 5.92 Å². The molecule has 3 N–H and O–H groups in total. The Morgan fingerprint density at radius 3 is 2.43 bits per heavy atom. The van der Waals surface area contributed by atoms with E-state index in [2.05, 4.69) is 5.32 Å². The maximum atomic E-state index is 12.0. The molecule has 0 aromatic heterocycles. The molecule has 2 atom stereocenters. The summed E-state index contributed by atoms with van der Waals surface area (Å²) in [7, 11) is 0. The molecule has 0 bridgehead atoms. The Balaban J connectivity index is 2.62. The lowest BCUT2D eigenvalue weighted by atomic mass is 10.0. The molecule has 1 unspecified atom stereocenters. The van der Waals surface area contributed by atoms with E-state index in [0.29, 0.717) is 25.7 Å². The van der Waals surface area contributed by atoms with Crippen LogP contribution >= 0.6 is 0 Å². The summed E-state index contributed by atoms with van der Waals surface area (Å²) in [6, 6.07) is -0.988. The first-order chi connectivity index (χ1) is 9.88. The van der Waals surface area contributed by atoms with E-state index in [1.807, 2.05) is 0 Å². The van der Waals surface area contributed by atoms with Gasteiger partial charge < -0.3 is 20.4 Å². The SMILES string of the molecule is CCC(CNC(=O)C(=O)N1CCCC[C@@H]1C(=O)O)C(=O)O. The average molecular weight is 300 g/mol. The number of carboxylic acid groups (broad SMARTS) is 2. The molecule has 118 valence electrons. The highest BCUT2D eigenvalue weighted by Gasteiger charge is 2.35. The van der Waals surface area contributed by atoms with Crippen LogP contribution in [0.15, 0.2) is 0 Å². The fraction of sp³-hybridized carbons (Fsp3) is 0.692. The number of carboxylic acids is 2. The molecular formula is C13H20N2O6. The molecule has 2 amide bonds. The number of likely N-dealkylation sites (tertiary alicyclic amines) is 1. The van der Waals surface area contributed by atoms with Crippen molar-refractivity contribution in [2.45, 2.75) is 38.6 Å². The lowest BCUT2D eigenvalue weighted by Crippen LogP contribution is -2.53. The fourth-order valence-corrected chi connectivity index (χ4v) is 2.26. The van der Waals surface area contributed by atoms with Gasteiger partial charge in [0.15, 0.2) is 0 Å². The minimum atomic E-state index is -1.13. The number of rotatable bonds is 5. The van der Waals surface area contributed by atoms with Crippen LogP contribution in [0.1, 0.15) is 32.6 Å². The summed E-state index contributed by atoms with van der Waals surface area (Å²) in [5, 5.41) is 20.2. The molecule has 0 radical (unpaired) electrons. The predicted octanol–water partition coefficient (Wildman–Crippen LogP) is -0.321. The molecule has 1 aliphatic heterocycles. The Kier molecular flexibility index (Phi) is 6.13. The molecule has 1 fully saturated rings. The number of carbonyl (C=O) groups is 4. The molecule has 0 spiro atoms. The zero-order chi connectivity index (χ0) is 16.0. The van der Waals surface area contributed by atoms with Crippen molar-refractivity contribution in [3.63, 3.8) is 0 Å². The monoisotopic (exact) mass is 300 g/mol. The van der Waals surface area contributed by atoms with Gasteiger partial charge in [-0.2, -0.15) is 0 Å². The standard InChI is InChI=1S/C13H20N2O6/c1-2-8(12(18)19)7-14-10(16)11(17)15-6-4-3-5-9(15)13(20)21/h8-9H,2-7H2,1H3,(H,14,16)(H,18,19)(H,20,21)/t8?,9-/m1/s1. The van der Waals surface area contributed by atoms with Crippen molar-refractivity contribution >= 4 is 23.8 Å². The van der Waals surface area contributed by atoms with Crippen molar-refractivity contribution in [1.82, 2.24) is 10.2 Å². The van der Waals surface area contributed by atoms with E-state index in [4.69, 9.17) is 10.2 Å². The Labute approximate surface area is 122 Å². The number of hydrogen-bond acceptors (Lipinski definition) is 4. The number of hydrogen-bond donors (Lipinski definition) is 3. The minimum Gasteiger partial charge on any atom is -0.481 e. The quantitative estimate of drug-likeness (QED) is 0.598. The second-order valence-corrected chi connectivity index (χ2v) is 5.00. The van der Waals surface area contributed by atoms with Gasteiger partial charge >= 0.3 is 23.8 Å². The van der Waals surface area contributed by atoms with Gasteiger partial charge in [-0.3, -0.25) is 14.4 Å². The third-order valence-electron chi connectivity index (χ3n) is 3.59. The summed E-state index contributed by atoms with van der Waals surface area (Å²) < 4.78 is 0. The van der Waals surface area contributed by atoms with Gasteiger partial charge in [-0.05, 0) is 25.7 Å². The Morgan fingerprint density at radius 2 is 1.90 bits per heavy atom. The van der Waals surface area contributed by atoms with E-state index in [1.54, 1.807) is 6.92 Å². The molecule has 21 heavy (non-hydrogen) atoms. The van der Waals surface area contributed by atoms with E-state index in [1.165, 1.54) is 0 Å². The van der Waals surface area contributed by atoms with Crippen LogP contribution in [0, 0.1) is 5.92 Å². The molecule has 8 heteroatoms. The number of amides is 2. The van der Waals surface area contributed by atoms with Gasteiger partial charge in [-0.15, -0.1) is 0 Å². The third-order valence-corrected chi connectivity index (χ3v) is 3.59. The molecule has 1 rings (SSSR count). The summed E-state index contributed by atoms with van der Waals surface area (Å²) in [5.74, 6) is -4.82. The zero-order valence-electron chi connectivity index (χ0n) is 11.9. The highest BCUT2D eigenvalue weighted by Crippen LogP contribution is 2.17. The summed E-state index contributed by atoms with van der Waals surface area (Å²) in [6.07, 6.45) is 1.99.